The summed E-state index contributed by atoms with van der Waals surface area (Å²) in [6.07, 6.45) is 4.51. The van der Waals surface area contributed by atoms with Crippen molar-refractivity contribution < 1.29 is 38.1 Å². The van der Waals surface area contributed by atoms with E-state index < -0.39 is 54.7 Å². The average molecular weight is 794 g/mol. The summed E-state index contributed by atoms with van der Waals surface area (Å²) in [4.78, 5) is 67.5. The van der Waals surface area contributed by atoms with E-state index in [0.29, 0.717) is 24.4 Å². The Balaban J connectivity index is 1.54. The molecule has 2 atom stereocenters. The molecule has 300 valence electrons. The van der Waals surface area contributed by atoms with Gasteiger partial charge in [-0.25, -0.2) is 14.6 Å². The number of nitrogen functional groups attached to an aromatic ring is 1. The minimum absolute atomic E-state index is 0.00310. The summed E-state index contributed by atoms with van der Waals surface area (Å²) in [5, 5.41) is 3.08. The number of halogens is 1. The third kappa shape index (κ3) is 13.2. The molecule has 2 amide bonds. The van der Waals surface area contributed by atoms with Crippen LogP contribution < -0.4 is 22.5 Å². The number of esters is 2. The number of nitrogens with zero attached hydrogens (tertiary/aromatic N) is 5. The van der Waals surface area contributed by atoms with Crippen LogP contribution in [0.3, 0.4) is 0 Å². The molecule has 7 N–H and O–H groups in total. The van der Waals surface area contributed by atoms with E-state index in [1.54, 1.807) is 39.0 Å². The number of imidazole rings is 1. The molecule has 0 saturated carbocycles. The van der Waals surface area contributed by atoms with E-state index in [4.69, 9.17) is 47.7 Å². The molecule has 4 rings (SSSR count). The molecule has 0 aliphatic heterocycles. The fraction of sp³-hybridized carbons (Fsp3) is 0.395. The number of fused-ring (bicyclic) bond motifs is 1. The lowest BCUT2D eigenvalue weighted by atomic mass is 10.1. The van der Waals surface area contributed by atoms with Crippen LogP contribution >= 0.6 is 11.6 Å². The standard InChI is InChI=1S/C38H48ClN9O8/c1-38(2,3)56-34(50)28(41)20-48(29(16-9-10-17-40)35(51)54-19-11-18-53-23-26-14-7-8-15-27(26)39)30(49)21-47-24-43-31-32(44-36(42)46-33(31)47)45-37(52)55-22-25-12-5-4-6-13-25/h4-8,11-15,18,24,28-29H,9-10,16-17,19-23,40-41H2,1-3H3,(H3,42,44,45,46,52)/t28?,29-/m0/s1. The van der Waals surface area contributed by atoms with Crippen LogP contribution in [0.1, 0.15) is 51.2 Å². The molecule has 0 aliphatic carbocycles. The summed E-state index contributed by atoms with van der Waals surface area (Å²) in [6, 6.07) is 13.8. The maximum Gasteiger partial charge on any atom is 0.413 e. The molecule has 2 aromatic heterocycles. The Kier molecular flexibility index (Phi) is 15.9. The Morgan fingerprint density at radius 2 is 1.71 bits per heavy atom. The van der Waals surface area contributed by atoms with Crippen LogP contribution in [0, 0.1) is 0 Å². The van der Waals surface area contributed by atoms with Gasteiger partial charge in [-0.1, -0.05) is 60.1 Å². The number of ether oxygens (including phenoxy) is 4. The SMILES string of the molecule is CC(C)(C)OC(=O)C(N)CN(C(=O)Cn1cnc2c(NC(=O)OCc3ccccc3)nc(N)nc21)[C@@H](CCCCN)C(=O)OCC=COCc1ccccc1Cl. The first-order valence-electron chi connectivity index (χ1n) is 17.9. The molecule has 0 fully saturated rings. The van der Waals surface area contributed by atoms with Crippen molar-refractivity contribution in [1.82, 2.24) is 24.4 Å². The van der Waals surface area contributed by atoms with Gasteiger partial charge in [0.15, 0.2) is 17.0 Å². The zero-order valence-electron chi connectivity index (χ0n) is 31.6. The molecule has 0 radical (unpaired) electrons. The quantitative estimate of drug-likeness (QED) is 0.0453. The van der Waals surface area contributed by atoms with Gasteiger partial charge in [-0.15, -0.1) is 0 Å². The number of amides is 2. The maximum absolute atomic E-state index is 14.2. The summed E-state index contributed by atoms with van der Waals surface area (Å²) in [7, 11) is 0. The highest BCUT2D eigenvalue weighted by Gasteiger charge is 2.35. The average Bonchev–Trinajstić information content (AvgIpc) is 3.55. The minimum atomic E-state index is -1.32. The Hall–Kier alpha value is -5.78. The molecular weight excluding hydrogens is 746 g/mol. The first-order chi connectivity index (χ1) is 26.8. The summed E-state index contributed by atoms with van der Waals surface area (Å²) < 4.78 is 23.2. The van der Waals surface area contributed by atoms with Gasteiger partial charge in [-0.05, 0) is 64.3 Å². The number of carbonyl (C=O) groups excluding carboxylic acids is 4. The topological polar surface area (TPSA) is 242 Å². The lowest BCUT2D eigenvalue weighted by Crippen LogP contribution is -2.54. The van der Waals surface area contributed by atoms with Gasteiger partial charge in [-0.2, -0.15) is 9.97 Å². The van der Waals surface area contributed by atoms with E-state index in [1.165, 1.54) is 28.1 Å². The third-order valence-electron chi connectivity index (χ3n) is 7.93. The Bertz CT molecular complexity index is 1970. The zero-order chi connectivity index (χ0) is 40.7. The normalized spacial score (nSPS) is 12.5. The molecule has 2 heterocycles. The number of benzene rings is 2. The fourth-order valence-corrected chi connectivity index (χ4v) is 5.48. The number of unbranched alkanes of at least 4 members (excludes halogenated alkanes) is 1. The van der Waals surface area contributed by atoms with Crippen LogP contribution in [0.4, 0.5) is 16.6 Å². The van der Waals surface area contributed by atoms with E-state index in [9.17, 15) is 19.2 Å². The zero-order valence-corrected chi connectivity index (χ0v) is 32.3. The van der Waals surface area contributed by atoms with Gasteiger partial charge in [-0.3, -0.25) is 14.9 Å². The van der Waals surface area contributed by atoms with Crippen LogP contribution in [0.15, 0.2) is 73.3 Å². The lowest BCUT2D eigenvalue weighted by Gasteiger charge is -2.32. The Morgan fingerprint density at radius 1 is 0.982 bits per heavy atom. The molecule has 1 unspecified atom stereocenters. The molecule has 2 aromatic carbocycles. The number of rotatable bonds is 19. The second-order valence-corrected chi connectivity index (χ2v) is 14.0. The first kappa shape index (κ1) is 43.0. The second-order valence-electron chi connectivity index (χ2n) is 13.6. The van der Waals surface area contributed by atoms with Gasteiger partial charge in [0.2, 0.25) is 11.9 Å². The highest BCUT2D eigenvalue weighted by atomic mass is 35.5. The predicted octanol–water partition coefficient (Wildman–Crippen LogP) is 4.08. The van der Waals surface area contributed by atoms with Gasteiger partial charge in [0.1, 0.15) is 44.1 Å². The maximum atomic E-state index is 14.2. The van der Waals surface area contributed by atoms with Crippen molar-refractivity contribution in [3.05, 3.63) is 89.4 Å². The summed E-state index contributed by atoms with van der Waals surface area (Å²) in [5.41, 5.74) is 18.9. The monoisotopic (exact) mass is 793 g/mol. The number of hydrogen-bond acceptors (Lipinski definition) is 14. The molecule has 4 aromatic rings. The van der Waals surface area contributed by atoms with Crippen molar-refractivity contribution in [3.8, 4) is 0 Å². The number of nitrogens with one attached hydrogen (secondary N) is 1. The van der Waals surface area contributed by atoms with Crippen LogP contribution in [0.25, 0.3) is 11.2 Å². The van der Waals surface area contributed by atoms with Gasteiger partial charge in [0.05, 0.1) is 12.6 Å². The van der Waals surface area contributed by atoms with Crippen molar-refractivity contribution in [3.63, 3.8) is 0 Å². The van der Waals surface area contributed by atoms with Crippen molar-refractivity contribution in [1.29, 1.82) is 0 Å². The van der Waals surface area contributed by atoms with Crippen LogP contribution in [-0.4, -0.2) is 85.7 Å². The highest BCUT2D eigenvalue weighted by molar-refractivity contribution is 6.31. The summed E-state index contributed by atoms with van der Waals surface area (Å²) in [5.74, 6) is -2.42. The van der Waals surface area contributed by atoms with Crippen molar-refractivity contribution in [2.75, 3.05) is 30.7 Å². The van der Waals surface area contributed by atoms with Crippen LogP contribution in [0.5, 0.6) is 0 Å². The van der Waals surface area contributed by atoms with E-state index in [1.807, 2.05) is 36.4 Å². The van der Waals surface area contributed by atoms with E-state index in [0.717, 1.165) is 11.1 Å². The first-order valence-corrected chi connectivity index (χ1v) is 18.2. The smallest absolute Gasteiger partial charge is 0.413 e. The molecule has 0 bridgehead atoms. The molecule has 18 heteroatoms. The number of aromatic nitrogens is 4. The van der Waals surface area contributed by atoms with Crippen molar-refractivity contribution >= 4 is 58.5 Å². The largest absolute Gasteiger partial charge is 0.497 e. The van der Waals surface area contributed by atoms with Gasteiger partial charge < -0.3 is 45.6 Å². The lowest BCUT2D eigenvalue weighted by molar-refractivity contribution is -0.161. The fourth-order valence-electron chi connectivity index (χ4n) is 5.29. The molecule has 56 heavy (non-hydrogen) atoms. The Morgan fingerprint density at radius 3 is 2.43 bits per heavy atom. The van der Waals surface area contributed by atoms with E-state index in [-0.39, 0.29) is 49.2 Å². The number of nitrogens with two attached hydrogens (primary N) is 3. The number of hydrogen-bond donors (Lipinski definition) is 4. The number of carbonyl (C=O) groups is 4. The number of anilines is 2. The predicted molar refractivity (Wildman–Crippen MR) is 209 cm³/mol. The minimum Gasteiger partial charge on any atom is -0.497 e. The molecule has 17 nitrogen and oxygen atoms in total. The van der Waals surface area contributed by atoms with Crippen molar-refractivity contribution in [2.24, 2.45) is 11.5 Å². The van der Waals surface area contributed by atoms with Crippen molar-refractivity contribution in [2.45, 2.75) is 77.5 Å². The van der Waals surface area contributed by atoms with Gasteiger partial charge >= 0.3 is 18.0 Å². The van der Waals surface area contributed by atoms with Crippen LogP contribution in [-0.2, 0) is 53.1 Å². The van der Waals surface area contributed by atoms with E-state index >= 15 is 0 Å². The summed E-state index contributed by atoms with van der Waals surface area (Å²) >= 11 is 6.18. The van der Waals surface area contributed by atoms with Gasteiger partial charge in [0.25, 0.3) is 0 Å². The second kappa shape index (κ2) is 20.8. The summed E-state index contributed by atoms with van der Waals surface area (Å²) in [6.45, 7) is 4.60. The molecular formula is C38H48ClN9O8. The molecule has 0 aliphatic rings. The highest BCUT2D eigenvalue weighted by Crippen LogP contribution is 2.22. The Labute approximate surface area is 329 Å². The van der Waals surface area contributed by atoms with Gasteiger partial charge in [0, 0.05) is 17.1 Å². The molecule has 0 spiro atoms. The third-order valence-corrected chi connectivity index (χ3v) is 8.30. The molecule has 0 saturated heterocycles. The van der Waals surface area contributed by atoms with E-state index in [2.05, 4.69) is 20.3 Å². The van der Waals surface area contributed by atoms with Crippen LogP contribution in [0.2, 0.25) is 5.02 Å².